The van der Waals surface area contributed by atoms with E-state index in [4.69, 9.17) is 0 Å². The second-order valence-electron chi connectivity index (χ2n) is 10.7. The quantitative estimate of drug-likeness (QED) is 0.459. The molecule has 4 aliphatic rings. The Morgan fingerprint density at radius 3 is 2.51 bits per heavy atom. The molecule has 1 aliphatic carbocycles. The van der Waals surface area contributed by atoms with Gasteiger partial charge in [0.1, 0.15) is 11.9 Å². The van der Waals surface area contributed by atoms with Crippen molar-refractivity contribution in [2.45, 2.75) is 88.8 Å². The highest BCUT2D eigenvalue weighted by Gasteiger charge is 2.40. The molecule has 1 aromatic rings. The summed E-state index contributed by atoms with van der Waals surface area (Å²) in [5.74, 6) is -1.24. The van der Waals surface area contributed by atoms with Gasteiger partial charge in [0.25, 0.3) is 5.91 Å². The maximum absolute atomic E-state index is 15.1. The van der Waals surface area contributed by atoms with Gasteiger partial charge in [0.05, 0.1) is 0 Å². The zero-order valence-electron chi connectivity index (χ0n) is 20.5. The highest BCUT2D eigenvalue weighted by Crippen LogP contribution is 2.35. The SMILES string of the molecule is O=C1CCC(N2Cc3cc(C4CCN(CCCNC5CCCCC5)CC4)c(F)cc3C2=O)C(=O)N1. The van der Waals surface area contributed by atoms with Crippen molar-refractivity contribution in [3.05, 3.63) is 34.6 Å². The van der Waals surface area contributed by atoms with E-state index in [-0.39, 0.29) is 30.0 Å². The molecule has 3 amide bonds. The minimum atomic E-state index is -0.671. The van der Waals surface area contributed by atoms with Gasteiger partial charge >= 0.3 is 0 Å². The molecule has 0 bridgehead atoms. The number of piperidine rings is 2. The van der Waals surface area contributed by atoms with Crippen LogP contribution in [-0.2, 0) is 16.1 Å². The van der Waals surface area contributed by atoms with Crippen molar-refractivity contribution in [1.29, 1.82) is 0 Å². The number of nitrogens with one attached hydrogen (secondary N) is 2. The molecule has 0 aromatic heterocycles. The van der Waals surface area contributed by atoms with E-state index in [9.17, 15) is 14.4 Å². The number of likely N-dealkylation sites (tertiary alicyclic amines) is 1. The average molecular weight is 485 g/mol. The summed E-state index contributed by atoms with van der Waals surface area (Å²) in [6, 6.07) is 3.25. The van der Waals surface area contributed by atoms with Gasteiger partial charge in [-0.1, -0.05) is 25.3 Å². The normalized spacial score (nSPS) is 24.7. The van der Waals surface area contributed by atoms with E-state index >= 15 is 4.39 Å². The Kier molecular flexibility index (Phi) is 7.48. The summed E-state index contributed by atoms with van der Waals surface area (Å²) in [4.78, 5) is 40.6. The molecule has 1 aromatic carbocycles. The molecule has 8 heteroatoms. The minimum Gasteiger partial charge on any atom is -0.322 e. The number of carbonyl (C=O) groups excluding carboxylic acids is 3. The molecule has 1 unspecified atom stereocenters. The number of hydrogen-bond acceptors (Lipinski definition) is 5. The maximum Gasteiger partial charge on any atom is 0.255 e. The third-order valence-electron chi connectivity index (χ3n) is 8.36. The molecule has 0 spiro atoms. The molecule has 190 valence electrons. The van der Waals surface area contributed by atoms with Crippen LogP contribution in [0.4, 0.5) is 4.39 Å². The highest BCUT2D eigenvalue weighted by atomic mass is 19.1. The molecule has 2 N–H and O–H groups in total. The van der Waals surface area contributed by atoms with Crippen LogP contribution in [0.5, 0.6) is 0 Å². The van der Waals surface area contributed by atoms with E-state index in [0.29, 0.717) is 30.1 Å². The number of rotatable bonds is 7. The molecule has 0 radical (unpaired) electrons. The van der Waals surface area contributed by atoms with Gasteiger partial charge in [0.2, 0.25) is 11.8 Å². The lowest BCUT2D eigenvalue weighted by Crippen LogP contribution is -2.52. The fourth-order valence-corrected chi connectivity index (χ4v) is 6.30. The van der Waals surface area contributed by atoms with E-state index in [1.54, 1.807) is 0 Å². The fourth-order valence-electron chi connectivity index (χ4n) is 6.30. The van der Waals surface area contributed by atoms with Crippen LogP contribution >= 0.6 is 0 Å². The van der Waals surface area contributed by atoms with Gasteiger partial charge in [-0.15, -0.1) is 0 Å². The Labute approximate surface area is 206 Å². The van der Waals surface area contributed by atoms with E-state index in [2.05, 4.69) is 15.5 Å². The van der Waals surface area contributed by atoms with Gasteiger partial charge in [-0.2, -0.15) is 0 Å². The average Bonchev–Trinajstić information content (AvgIpc) is 3.17. The number of fused-ring (bicyclic) bond motifs is 1. The van der Waals surface area contributed by atoms with Crippen molar-refractivity contribution in [3.63, 3.8) is 0 Å². The largest absolute Gasteiger partial charge is 0.322 e. The number of imide groups is 1. The summed E-state index contributed by atoms with van der Waals surface area (Å²) in [5.41, 5.74) is 1.83. The van der Waals surface area contributed by atoms with Crippen LogP contribution in [0.15, 0.2) is 12.1 Å². The number of carbonyl (C=O) groups is 3. The third-order valence-corrected chi connectivity index (χ3v) is 8.36. The molecule has 3 aliphatic heterocycles. The molecule has 5 rings (SSSR count). The van der Waals surface area contributed by atoms with Crippen LogP contribution in [-0.4, -0.2) is 65.8 Å². The molecule has 35 heavy (non-hydrogen) atoms. The lowest BCUT2D eigenvalue weighted by Gasteiger charge is -2.32. The lowest BCUT2D eigenvalue weighted by atomic mass is 9.87. The summed E-state index contributed by atoms with van der Waals surface area (Å²) in [6.45, 7) is 4.37. The first-order valence-electron chi connectivity index (χ1n) is 13.4. The molecular weight excluding hydrogens is 447 g/mol. The Bertz CT molecular complexity index is 969. The van der Waals surface area contributed by atoms with Crippen LogP contribution in [0, 0.1) is 5.82 Å². The molecule has 7 nitrogen and oxygen atoms in total. The van der Waals surface area contributed by atoms with Crippen LogP contribution in [0.2, 0.25) is 0 Å². The molecule has 3 heterocycles. The number of amides is 3. The molecule has 3 fully saturated rings. The maximum atomic E-state index is 15.1. The van der Waals surface area contributed by atoms with Crippen molar-refractivity contribution in [3.8, 4) is 0 Å². The zero-order chi connectivity index (χ0) is 24.4. The van der Waals surface area contributed by atoms with Crippen LogP contribution in [0.1, 0.15) is 91.6 Å². The van der Waals surface area contributed by atoms with Crippen LogP contribution in [0.25, 0.3) is 0 Å². The smallest absolute Gasteiger partial charge is 0.255 e. The van der Waals surface area contributed by atoms with E-state index in [1.807, 2.05) is 6.07 Å². The summed E-state index contributed by atoms with van der Waals surface area (Å²) < 4.78 is 15.1. The fraction of sp³-hybridized carbons (Fsp3) is 0.667. The van der Waals surface area contributed by atoms with E-state index in [1.165, 1.54) is 43.1 Å². The van der Waals surface area contributed by atoms with Crippen molar-refractivity contribution >= 4 is 17.7 Å². The first-order valence-corrected chi connectivity index (χ1v) is 13.4. The minimum absolute atomic E-state index is 0.150. The van der Waals surface area contributed by atoms with Crippen LogP contribution < -0.4 is 10.6 Å². The summed E-state index contributed by atoms with van der Waals surface area (Å²) >= 11 is 0. The van der Waals surface area contributed by atoms with Gasteiger partial charge in [0, 0.05) is 24.6 Å². The number of hydrogen-bond donors (Lipinski definition) is 2. The Morgan fingerprint density at radius 2 is 1.77 bits per heavy atom. The molecule has 2 saturated heterocycles. The molecule has 1 atom stereocenters. The number of nitrogens with zero attached hydrogens (tertiary/aromatic N) is 2. The van der Waals surface area contributed by atoms with Crippen molar-refractivity contribution in [2.75, 3.05) is 26.2 Å². The standard InChI is InChI=1S/C27H37FN4O3/c28-23-16-22-19(17-32(27(22)35)24-7-8-25(33)30-26(24)34)15-21(23)18-9-13-31(14-10-18)12-4-11-29-20-5-2-1-3-6-20/h15-16,18,20,24,29H,1-14,17H2,(H,30,33,34). The first kappa shape index (κ1) is 24.4. The monoisotopic (exact) mass is 484 g/mol. The number of halogens is 1. The predicted octanol–water partition coefficient (Wildman–Crippen LogP) is 3.08. The first-order chi connectivity index (χ1) is 17.0. The van der Waals surface area contributed by atoms with E-state index < -0.39 is 11.9 Å². The zero-order valence-corrected chi connectivity index (χ0v) is 20.5. The van der Waals surface area contributed by atoms with Gasteiger partial charge in [-0.05, 0) is 87.8 Å². The molecule has 1 saturated carbocycles. The van der Waals surface area contributed by atoms with Crippen molar-refractivity contribution in [2.24, 2.45) is 0 Å². The Morgan fingerprint density at radius 1 is 1.00 bits per heavy atom. The molecular formula is C27H37FN4O3. The van der Waals surface area contributed by atoms with Crippen molar-refractivity contribution < 1.29 is 18.8 Å². The third kappa shape index (κ3) is 5.43. The Balaban J connectivity index is 1.13. The topological polar surface area (TPSA) is 81.8 Å². The summed E-state index contributed by atoms with van der Waals surface area (Å²) in [5, 5.41) is 6.03. The van der Waals surface area contributed by atoms with Crippen LogP contribution in [0.3, 0.4) is 0 Å². The van der Waals surface area contributed by atoms with Gasteiger partial charge in [-0.25, -0.2) is 4.39 Å². The second-order valence-corrected chi connectivity index (χ2v) is 10.7. The summed E-state index contributed by atoms with van der Waals surface area (Å²) in [7, 11) is 0. The van der Waals surface area contributed by atoms with E-state index in [0.717, 1.165) is 51.0 Å². The Hall–Kier alpha value is -2.32. The lowest BCUT2D eigenvalue weighted by molar-refractivity contribution is -0.136. The second kappa shape index (κ2) is 10.7. The number of benzene rings is 1. The van der Waals surface area contributed by atoms with Crippen molar-refractivity contribution in [1.82, 2.24) is 20.4 Å². The predicted molar refractivity (Wildman–Crippen MR) is 130 cm³/mol. The van der Waals surface area contributed by atoms with Gasteiger partial charge in [-0.3, -0.25) is 19.7 Å². The van der Waals surface area contributed by atoms with Gasteiger partial charge < -0.3 is 15.1 Å². The van der Waals surface area contributed by atoms with Gasteiger partial charge in [0.15, 0.2) is 0 Å². The highest BCUT2D eigenvalue weighted by molar-refractivity contribution is 6.05. The summed E-state index contributed by atoms with van der Waals surface area (Å²) in [6.07, 6.45) is 10.2.